The summed E-state index contributed by atoms with van der Waals surface area (Å²) in [5.74, 6) is -0.472. The molecule has 0 fully saturated rings. The molecule has 0 aromatic carbocycles. The van der Waals surface area contributed by atoms with E-state index in [2.05, 4.69) is 11.2 Å². The first-order valence-electron chi connectivity index (χ1n) is 2.08. The second-order valence-corrected chi connectivity index (χ2v) is 1.32. The van der Waals surface area contributed by atoms with Crippen LogP contribution in [0, 0.1) is 12.0 Å². The second-order valence-electron chi connectivity index (χ2n) is 1.32. The van der Waals surface area contributed by atoms with Crippen molar-refractivity contribution in [3.05, 3.63) is 24.3 Å². The number of pyridine rings is 1. The second kappa shape index (κ2) is 1.78. The highest BCUT2D eigenvalue weighted by atomic mass is 19.1. The van der Waals surface area contributed by atoms with E-state index >= 15 is 0 Å². The monoisotopic (exact) mass is 111 g/mol. The first-order valence-corrected chi connectivity index (χ1v) is 2.08. The lowest BCUT2D eigenvalue weighted by molar-refractivity contribution is 0.630. The van der Waals surface area contributed by atoms with Crippen molar-refractivity contribution in [1.82, 2.24) is 4.98 Å². The summed E-state index contributed by atoms with van der Waals surface area (Å²) >= 11 is 0. The zero-order valence-electron chi connectivity index (χ0n) is 4.06. The number of nitrogens with two attached hydrogens (primary N) is 1. The topological polar surface area (TPSA) is 38.9 Å². The molecule has 0 aliphatic heterocycles. The van der Waals surface area contributed by atoms with Crippen molar-refractivity contribution in [2.75, 3.05) is 5.73 Å². The van der Waals surface area contributed by atoms with Gasteiger partial charge in [0.2, 0.25) is 0 Å². The van der Waals surface area contributed by atoms with Gasteiger partial charge in [-0.1, -0.05) is 0 Å². The molecule has 1 heterocycles. The lowest BCUT2D eigenvalue weighted by Crippen LogP contribution is -1.89. The van der Waals surface area contributed by atoms with Gasteiger partial charge in [0.05, 0.1) is 5.69 Å². The van der Waals surface area contributed by atoms with E-state index in [1.54, 1.807) is 0 Å². The number of hydrogen-bond donors (Lipinski definition) is 1. The normalized spacial score (nSPS) is 9.12. The van der Waals surface area contributed by atoms with E-state index in [0.29, 0.717) is 0 Å². The molecule has 0 atom stereocenters. The van der Waals surface area contributed by atoms with Crippen molar-refractivity contribution < 1.29 is 4.39 Å². The summed E-state index contributed by atoms with van der Waals surface area (Å²) < 4.78 is 12.1. The summed E-state index contributed by atoms with van der Waals surface area (Å²) in [4.78, 5) is 3.46. The fraction of sp³-hybridized carbons (Fsp3) is 0. The van der Waals surface area contributed by atoms with E-state index in [-0.39, 0.29) is 5.69 Å². The van der Waals surface area contributed by atoms with Crippen LogP contribution >= 0.6 is 0 Å². The number of aromatic nitrogens is 1. The maximum Gasteiger partial charge on any atom is 0.149 e. The fourth-order valence-electron chi connectivity index (χ4n) is 0.353. The minimum absolute atomic E-state index is 0.0347. The third kappa shape index (κ3) is 0.753. The van der Waals surface area contributed by atoms with E-state index in [1.165, 1.54) is 12.3 Å². The summed E-state index contributed by atoms with van der Waals surface area (Å²) in [5.41, 5.74) is 4.99. The Balaban J connectivity index is 3.13. The molecule has 0 saturated heterocycles. The Morgan fingerprint density at radius 3 is 2.88 bits per heavy atom. The maximum absolute atomic E-state index is 12.1. The number of hydrogen-bond acceptors (Lipinski definition) is 2. The van der Waals surface area contributed by atoms with Gasteiger partial charge in [-0.2, -0.15) is 0 Å². The molecule has 1 aromatic heterocycles. The molecular weight excluding hydrogens is 107 g/mol. The molecule has 1 aromatic rings. The Hall–Kier alpha value is -1.12. The summed E-state index contributed by atoms with van der Waals surface area (Å²) in [6.45, 7) is 0. The van der Waals surface area contributed by atoms with Crippen molar-refractivity contribution >= 4 is 5.69 Å². The minimum atomic E-state index is -0.472. The van der Waals surface area contributed by atoms with Crippen molar-refractivity contribution in [2.45, 2.75) is 0 Å². The van der Waals surface area contributed by atoms with Gasteiger partial charge in [0.15, 0.2) is 0 Å². The van der Waals surface area contributed by atoms with Gasteiger partial charge in [-0.3, -0.25) is 4.98 Å². The fourth-order valence-corrected chi connectivity index (χ4v) is 0.353. The van der Waals surface area contributed by atoms with Crippen LogP contribution in [0.3, 0.4) is 0 Å². The summed E-state index contributed by atoms with van der Waals surface area (Å²) in [6.07, 6.45) is 3.55. The van der Waals surface area contributed by atoms with Crippen molar-refractivity contribution in [3.63, 3.8) is 0 Å². The molecule has 0 saturated carbocycles. The highest BCUT2D eigenvalue weighted by Gasteiger charge is 1.91. The minimum Gasteiger partial charge on any atom is -0.395 e. The number of nitrogen functional groups attached to an aromatic ring is 1. The van der Waals surface area contributed by atoms with Crippen LogP contribution < -0.4 is 5.73 Å². The van der Waals surface area contributed by atoms with Crippen LogP contribution in [0.5, 0.6) is 0 Å². The smallest absolute Gasteiger partial charge is 0.149 e. The van der Waals surface area contributed by atoms with Gasteiger partial charge in [-0.15, -0.1) is 0 Å². The Bertz CT molecular complexity index is 167. The van der Waals surface area contributed by atoms with Gasteiger partial charge in [0.25, 0.3) is 0 Å². The van der Waals surface area contributed by atoms with Crippen LogP contribution in [0.15, 0.2) is 12.3 Å². The van der Waals surface area contributed by atoms with Gasteiger partial charge in [0, 0.05) is 6.20 Å². The summed E-state index contributed by atoms with van der Waals surface area (Å²) in [6, 6.07) is 1.19. The molecule has 0 aliphatic carbocycles. The molecule has 0 spiro atoms. The van der Waals surface area contributed by atoms with Crippen LogP contribution in [-0.4, -0.2) is 4.98 Å². The number of halogens is 1. The van der Waals surface area contributed by atoms with Crippen molar-refractivity contribution in [1.29, 1.82) is 0 Å². The number of nitrogens with zero attached hydrogens (tertiary/aromatic N) is 1. The quantitative estimate of drug-likeness (QED) is 0.532. The van der Waals surface area contributed by atoms with Crippen LogP contribution in [0.1, 0.15) is 0 Å². The van der Waals surface area contributed by atoms with Crippen LogP contribution in [0.25, 0.3) is 0 Å². The molecule has 0 amide bonds. The largest absolute Gasteiger partial charge is 0.395 e. The van der Waals surface area contributed by atoms with E-state index < -0.39 is 5.82 Å². The lowest BCUT2D eigenvalue weighted by atomic mass is 10.4. The van der Waals surface area contributed by atoms with E-state index in [9.17, 15) is 4.39 Å². The van der Waals surface area contributed by atoms with Crippen LogP contribution in [0.2, 0.25) is 0 Å². The number of anilines is 1. The Labute approximate surface area is 46.2 Å². The predicted octanol–water partition coefficient (Wildman–Crippen LogP) is 0.603. The van der Waals surface area contributed by atoms with Gasteiger partial charge >= 0.3 is 0 Å². The van der Waals surface area contributed by atoms with Crippen LogP contribution in [0.4, 0.5) is 10.1 Å². The van der Waals surface area contributed by atoms with Gasteiger partial charge in [-0.25, -0.2) is 4.39 Å². The molecule has 1 radical (unpaired) electrons. The lowest BCUT2D eigenvalue weighted by Gasteiger charge is -1.88. The Morgan fingerprint density at radius 2 is 2.50 bits per heavy atom. The van der Waals surface area contributed by atoms with Crippen molar-refractivity contribution in [3.8, 4) is 0 Å². The van der Waals surface area contributed by atoms with Gasteiger partial charge < -0.3 is 5.73 Å². The molecule has 8 heavy (non-hydrogen) atoms. The molecule has 0 bridgehead atoms. The molecular formula is C5H4FN2. The highest BCUT2D eigenvalue weighted by Crippen LogP contribution is 2.02. The van der Waals surface area contributed by atoms with Crippen LogP contribution in [-0.2, 0) is 0 Å². The summed E-state index contributed by atoms with van der Waals surface area (Å²) in [5, 5.41) is 0. The standard InChI is InChI=1S/C5H4FN2/c6-4-1-2-8-3-5(4)7/h1-2H,7H2. The molecule has 2 nitrogen and oxygen atoms in total. The molecule has 41 valence electrons. The van der Waals surface area contributed by atoms with Gasteiger partial charge in [0.1, 0.15) is 12.0 Å². The van der Waals surface area contributed by atoms with Gasteiger partial charge in [-0.05, 0) is 6.07 Å². The molecule has 3 heteroatoms. The Morgan fingerprint density at radius 1 is 1.75 bits per heavy atom. The first-order chi connectivity index (χ1) is 3.80. The predicted molar refractivity (Wildman–Crippen MR) is 27.4 cm³/mol. The number of rotatable bonds is 0. The third-order valence-corrected chi connectivity index (χ3v) is 0.738. The molecule has 2 N–H and O–H groups in total. The molecule has 0 unspecified atom stereocenters. The van der Waals surface area contributed by atoms with Crippen molar-refractivity contribution in [2.24, 2.45) is 0 Å². The average Bonchev–Trinajstić information content (AvgIpc) is 1.77. The zero-order chi connectivity index (χ0) is 5.98. The molecule has 0 aliphatic rings. The summed E-state index contributed by atoms with van der Waals surface area (Å²) in [7, 11) is 0. The average molecular weight is 111 g/mol. The van der Waals surface area contributed by atoms with E-state index in [4.69, 9.17) is 5.73 Å². The van der Waals surface area contributed by atoms with E-state index in [0.717, 1.165) is 0 Å². The molecule has 1 rings (SSSR count). The SMILES string of the molecule is Nc1[c]nccc1F. The maximum atomic E-state index is 12.1. The third-order valence-electron chi connectivity index (χ3n) is 0.738. The highest BCUT2D eigenvalue weighted by molar-refractivity contribution is 5.33. The van der Waals surface area contributed by atoms with E-state index in [1.807, 2.05) is 0 Å². The Kier molecular flexibility index (Phi) is 1.12. The zero-order valence-corrected chi connectivity index (χ0v) is 4.06. The first kappa shape index (κ1) is 5.03.